The lowest BCUT2D eigenvalue weighted by Crippen LogP contribution is -2.09. The van der Waals surface area contributed by atoms with E-state index >= 15 is 0 Å². The van der Waals surface area contributed by atoms with Crippen molar-refractivity contribution < 1.29 is 9.90 Å². The second-order valence-electron chi connectivity index (χ2n) is 2.81. The number of imidazole rings is 1. The Morgan fingerprint density at radius 1 is 1.62 bits per heavy atom. The molecular weight excluding hydrogens is 236 g/mol. The first-order valence-electron chi connectivity index (χ1n) is 3.84. The van der Waals surface area contributed by atoms with Crippen molar-refractivity contribution in [3.05, 3.63) is 22.2 Å². The van der Waals surface area contributed by atoms with Gasteiger partial charge in [-0.05, 0) is 6.42 Å². The van der Waals surface area contributed by atoms with Crippen LogP contribution in [0.3, 0.4) is 0 Å². The molecule has 13 heavy (non-hydrogen) atoms. The van der Waals surface area contributed by atoms with Crippen LogP contribution in [0.2, 0.25) is 0 Å². The Balaban J connectivity index is 2.55. The number of aromatic nitrogens is 2. The largest absolute Gasteiger partial charge is 0.477 e. The molecule has 1 aromatic rings. The smallest absolute Gasteiger partial charge is 0.354 e. The molecule has 1 aliphatic heterocycles. The molecule has 0 aromatic carbocycles. The van der Waals surface area contributed by atoms with Gasteiger partial charge in [0.05, 0.1) is 6.20 Å². The van der Waals surface area contributed by atoms with Crippen molar-refractivity contribution in [3.63, 3.8) is 0 Å². The van der Waals surface area contributed by atoms with Gasteiger partial charge in [-0.25, -0.2) is 9.78 Å². The molecule has 0 aliphatic carbocycles. The second-order valence-corrected chi connectivity index (χ2v) is 3.83. The number of fused-ring (bicyclic) bond motifs is 1. The minimum atomic E-state index is -0.947. The number of hydrogen-bond donors (Lipinski definition) is 1. The Kier molecular flexibility index (Phi) is 1.95. The fraction of sp³-hybridized carbons (Fsp3) is 0.250. The van der Waals surface area contributed by atoms with Crippen molar-refractivity contribution in [2.75, 3.05) is 0 Å². The summed E-state index contributed by atoms with van der Waals surface area (Å²) in [5, 5.41) is 8.81. The van der Waals surface area contributed by atoms with E-state index in [1.807, 2.05) is 0 Å². The van der Waals surface area contributed by atoms with E-state index in [2.05, 4.69) is 20.9 Å². The predicted octanol–water partition coefficient (Wildman–Crippen LogP) is 1.72. The summed E-state index contributed by atoms with van der Waals surface area (Å²) in [5.41, 5.74) is 0.214. The zero-order valence-electron chi connectivity index (χ0n) is 6.70. The van der Waals surface area contributed by atoms with Gasteiger partial charge in [0, 0.05) is 17.1 Å². The number of nitrogens with zero attached hydrogens (tertiary/aromatic N) is 2. The number of carboxylic acids is 1. The number of halogens is 1. The van der Waals surface area contributed by atoms with E-state index in [-0.39, 0.29) is 5.69 Å². The fourth-order valence-corrected chi connectivity index (χ4v) is 1.73. The first kappa shape index (κ1) is 8.50. The van der Waals surface area contributed by atoms with E-state index in [1.54, 1.807) is 10.8 Å². The third-order valence-electron chi connectivity index (χ3n) is 1.95. The average molecular weight is 243 g/mol. The number of allylic oxidation sites excluding steroid dienone is 1. The molecule has 0 saturated heterocycles. The van der Waals surface area contributed by atoms with Gasteiger partial charge in [-0.3, -0.25) is 4.57 Å². The van der Waals surface area contributed by atoms with E-state index in [0.717, 1.165) is 23.1 Å². The maximum absolute atomic E-state index is 10.7. The third kappa shape index (κ3) is 1.39. The lowest BCUT2D eigenvalue weighted by Gasteiger charge is -2.10. The number of rotatable bonds is 1. The van der Waals surface area contributed by atoms with Crippen LogP contribution in [0.4, 0.5) is 0 Å². The van der Waals surface area contributed by atoms with Gasteiger partial charge in [0.1, 0.15) is 5.82 Å². The Labute approximate surface area is 83.0 Å². The van der Waals surface area contributed by atoms with Crippen LogP contribution in [-0.4, -0.2) is 20.6 Å². The molecule has 1 aromatic heterocycles. The fourth-order valence-electron chi connectivity index (χ4n) is 1.32. The van der Waals surface area contributed by atoms with Crippen LogP contribution < -0.4 is 0 Å². The first-order chi connectivity index (χ1) is 6.18. The third-order valence-corrected chi connectivity index (χ3v) is 2.55. The highest BCUT2D eigenvalue weighted by atomic mass is 79.9. The van der Waals surface area contributed by atoms with Crippen molar-refractivity contribution in [2.45, 2.75) is 12.8 Å². The molecule has 0 atom stereocenters. The monoisotopic (exact) mass is 242 g/mol. The minimum absolute atomic E-state index is 0.214. The van der Waals surface area contributed by atoms with Crippen LogP contribution in [0, 0.1) is 0 Å². The van der Waals surface area contributed by atoms with Gasteiger partial charge >= 0.3 is 5.97 Å². The van der Waals surface area contributed by atoms with Crippen molar-refractivity contribution in [1.82, 2.24) is 9.55 Å². The summed E-state index contributed by atoms with van der Waals surface area (Å²) >= 11 is 3.35. The van der Waals surface area contributed by atoms with Gasteiger partial charge in [0.15, 0.2) is 5.69 Å². The molecule has 2 heterocycles. The number of aryl methyl sites for hydroxylation is 1. The molecule has 0 unspecified atom stereocenters. The lowest BCUT2D eigenvalue weighted by atomic mass is 10.2. The van der Waals surface area contributed by atoms with E-state index in [9.17, 15) is 4.79 Å². The average Bonchev–Trinajstić information content (AvgIpc) is 2.46. The second kappa shape index (κ2) is 2.99. The Hall–Kier alpha value is -1.10. The molecule has 4 nitrogen and oxygen atoms in total. The Morgan fingerprint density at radius 3 is 3.08 bits per heavy atom. The molecule has 1 N–H and O–H groups in total. The van der Waals surface area contributed by atoms with Gasteiger partial charge in [-0.1, -0.05) is 15.9 Å². The topological polar surface area (TPSA) is 55.1 Å². The van der Waals surface area contributed by atoms with Crippen LogP contribution in [0.15, 0.2) is 10.7 Å². The van der Waals surface area contributed by atoms with Gasteiger partial charge < -0.3 is 5.11 Å². The number of carbonyl (C=O) groups is 1. The quantitative estimate of drug-likeness (QED) is 0.816. The Bertz CT molecular complexity index is 395. The Morgan fingerprint density at radius 2 is 2.38 bits per heavy atom. The molecule has 2 rings (SSSR count). The first-order valence-corrected chi connectivity index (χ1v) is 4.63. The van der Waals surface area contributed by atoms with Crippen LogP contribution in [0.5, 0.6) is 0 Å². The molecule has 0 amide bonds. The zero-order chi connectivity index (χ0) is 9.42. The maximum atomic E-state index is 10.7. The summed E-state index contributed by atoms with van der Waals surface area (Å²) < 4.78 is 2.61. The highest BCUT2D eigenvalue weighted by molar-refractivity contribution is 9.11. The number of aromatic carboxylic acids is 1. The highest BCUT2D eigenvalue weighted by Crippen LogP contribution is 2.22. The normalized spacial score (nSPS) is 15.0. The summed E-state index contributed by atoms with van der Waals surface area (Å²) in [6.45, 7) is 0. The summed E-state index contributed by atoms with van der Waals surface area (Å²) in [4.78, 5) is 14.8. The van der Waals surface area contributed by atoms with Crippen molar-refractivity contribution in [3.8, 4) is 0 Å². The molecule has 68 valence electrons. The minimum Gasteiger partial charge on any atom is -0.477 e. The summed E-state index contributed by atoms with van der Waals surface area (Å²) in [6, 6.07) is 0. The van der Waals surface area contributed by atoms with Crippen molar-refractivity contribution >= 4 is 28.1 Å². The van der Waals surface area contributed by atoms with Crippen molar-refractivity contribution in [1.29, 1.82) is 0 Å². The summed E-state index contributed by atoms with van der Waals surface area (Å²) in [5.74, 6) is -0.141. The van der Waals surface area contributed by atoms with Gasteiger partial charge in [0.25, 0.3) is 0 Å². The van der Waals surface area contributed by atoms with E-state index < -0.39 is 5.97 Å². The van der Waals surface area contributed by atoms with E-state index in [1.165, 1.54) is 6.20 Å². The number of hydrogen-bond acceptors (Lipinski definition) is 2. The molecule has 5 heteroatoms. The SMILES string of the molecule is O=C(O)c1cnc2n1C=C(Br)CC2. The van der Waals surface area contributed by atoms with Crippen LogP contribution in [0.25, 0.3) is 6.20 Å². The molecule has 0 spiro atoms. The van der Waals surface area contributed by atoms with Crippen molar-refractivity contribution in [2.24, 2.45) is 0 Å². The number of carboxylic acid groups (broad SMARTS) is 1. The zero-order valence-corrected chi connectivity index (χ0v) is 8.28. The molecule has 1 aliphatic rings. The van der Waals surface area contributed by atoms with E-state index in [4.69, 9.17) is 5.11 Å². The molecule has 0 radical (unpaired) electrons. The molecule has 0 saturated carbocycles. The van der Waals surface area contributed by atoms with Gasteiger partial charge in [0.2, 0.25) is 0 Å². The standard InChI is InChI=1S/C8H7BrN2O2/c9-5-1-2-7-10-3-6(8(12)13)11(7)4-5/h3-4H,1-2H2,(H,12,13). The maximum Gasteiger partial charge on any atom is 0.354 e. The summed E-state index contributed by atoms with van der Waals surface area (Å²) in [7, 11) is 0. The predicted molar refractivity (Wildman–Crippen MR) is 50.7 cm³/mol. The molecule has 0 bridgehead atoms. The van der Waals surface area contributed by atoms with Crippen LogP contribution in [0.1, 0.15) is 22.7 Å². The van der Waals surface area contributed by atoms with Gasteiger partial charge in [-0.15, -0.1) is 0 Å². The summed E-state index contributed by atoms with van der Waals surface area (Å²) in [6.07, 6.45) is 4.81. The van der Waals surface area contributed by atoms with Crippen LogP contribution in [-0.2, 0) is 6.42 Å². The molecule has 0 fully saturated rings. The lowest BCUT2D eigenvalue weighted by molar-refractivity contribution is 0.0688. The van der Waals surface area contributed by atoms with Crippen LogP contribution >= 0.6 is 15.9 Å². The van der Waals surface area contributed by atoms with Gasteiger partial charge in [-0.2, -0.15) is 0 Å². The molecular formula is C8H7BrN2O2. The van der Waals surface area contributed by atoms with E-state index in [0.29, 0.717) is 0 Å². The highest BCUT2D eigenvalue weighted by Gasteiger charge is 2.17.